The van der Waals surface area contributed by atoms with E-state index in [0.29, 0.717) is 13.1 Å². The summed E-state index contributed by atoms with van der Waals surface area (Å²) in [6, 6.07) is 0.132. The predicted octanol–water partition coefficient (Wildman–Crippen LogP) is 1.10. The molecule has 1 aromatic heterocycles. The molecule has 2 aliphatic rings. The number of amides is 2. The van der Waals surface area contributed by atoms with Gasteiger partial charge in [0, 0.05) is 43.4 Å². The van der Waals surface area contributed by atoms with Gasteiger partial charge in [0.2, 0.25) is 5.95 Å². The van der Waals surface area contributed by atoms with Crippen molar-refractivity contribution in [1.29, 1.82) is 0 Å². The number of hydrogen-bond acceptors (Lipinski definition) is 5. The van der Waals surface area contributed by atoms with Crippen molar-refractivity contribution in [2.75, 3.05) is 37.7 Å². The van der Waals surface area contributed by atoms with Crippen molar-refractivity contribution in [2.45, 2.75) is 39.8 Å². The number of fused-ring (bicyclic) bond motifs is 1. The summed E-state index contributed by atoms with van der Waals surface area (Å²) in [6.07, 6.45) is 0.779. The summed E-state index contributed by atoms with van der Waals surface area (Å²) in [5.41, 5.74) is 3.14. The molecule has 0 unspecified atom stereocenters. The first-order chi connectivity index (χ1) is 11.0. The lowest BCUT2D eigenvalue weighted by molar-refractivity contribution is 0.122. The fourth-order valence-electron chi connectivity index (χ4n) is 2.98. The summed E-state index contributed by atoms with van der Waals surface area (Å²) in [5.74, 6) is 0.796. The maximum atomic E-state index is 12.2. The second-order valence-corrected chi connectivity index (χ2v) is 6.41. The van der Waals surface area contributed by atoms with Crippen molar-refractivity contribution in [3.63, 3.8) is 0 Å². The van der Waals surface area contributed by atoms with Gasteiger partial charge in [-0.2, -0.15) is 0 Å². The van der Waals surface area contributed by atoms with Crippen molar-refractivity contribution < 1.29 is 9.53 Å². The van der Waals surface area contributed by atoms with Crippen molar-refractivity contribution in [3.05, 3.63) is 17.0 Å². The Morgan fingerprint density at radius 1 is 1.22 bits per heavy atom. The summed E-state index contributed by atoms with van der Waals surface area (Å²) >= 11 is 0. The van der Waals surface area contributed by atoms with Gasteiger partial charge in [-0.05, 0) is 20.8 Å². The van der Waals surface area contributed by atoms with E-state index in [1.54, 1.807) is 0 Å². The summed E-state index contributed by atoms with van der Waals surface area (Å²) in [4.78, 5) is 25.6. The second kappa shape index (κ2) is 6.70. The quantitative estimate of drug-likeness (QED) is 0.884. The third-order valence-electron chi connectivity index (χ3n) is 4.25. The molecule has 1 N–H and O–H groups in total. The van der Waals surface area contributed by atoms with Gasteiger partial charge in [-0.15, -0.1) is 0 Å². The lowest BCUT2D eigenvalue weighted by atomic mass is 10.0. The number of rotatable bonds is 2. The first kappa shape index (κ1) is 16.0. The number of aryl methyl sites for hydroxylation is 1. The topological polar surface area (TPSA) is 70.6 Å². The van der Waals surface area contributed by atoms with E-state index in [1.807, 2.05) is 25.7 Å². The summed E-state index contributed by atoms with van der Waals surface area (Å²) in [5, 5.41) is 2.95. The fraction of sp³-hybridized carbons (Fsp3) is 0.688. The van der Waals surface area contributed by atoms with E-state index >= 15 is 0 Å². The third kappa shape index (κ3) is 3.55. The summed E-state index contributed by atoms with van der Waals surface area (Å²) < 4.78 is 5.39. The van der Waals surface area contributed by atoms with Gasteiger partial charge in [0.15, 0.2) is 0 Å². The van der Waals surface area contributed by atoms with Crippen LogP contribution in [0.3, 0.4) is 0 Å². The molecule has 1 fully saturated rings. The van der Waals surface area contributed by atoms with E-state index in [-0.39, 0.29) is 12.1 Å². The largest absolute Gasteiger partial charge is 0.378 e. The lowest BCUT2D eigenvalue weighted by Crippen LogP contribution is -2.45. The van der Waals surface area contributed by atoms with Crippen LogP contribution in [-0.4, -0.2) is 59.8 Å². The second-order valence-electron chi connectivity index (χ2n) is 6.41. The molecular formula is C16H25N5O2. The molecule has 3 rings (SSSR count). The average Bonchev–Trinajstić information content (AvgIpc) is 2.54. The molecule has 0 radical (unpaired) electrons. The van der Waals surface area contributed by atoms with Gasteiger partial charge in [0.1, 0.15) is 0 Å². The van der Waals surface area contributed by atoms with Crippen molar-refractivity contribution in [2.24, 2.45) is 0 Å². The zero-order valence-electron chi connectivity index (χ0n) is 14.1. The monoisotopic (exact) mass is 319 g/mol. The van der Waals surface area contributed by atoms with E-state index in [1.165, 1.54) is 0 Å². The number of aromatic nitrogens is 2. The molecule has 2 aliphatic heterocycles. The number of nitrogens with one attached hydrogen (secondary N) is 1. The van der Waals surface area contributed by atoms with Crippen LogP contribution in [0, 0.1) is 6.92 Å². The molecule has 0 aromatic carbocycles. The van der Waals surface area contributed by atoms with E-state index in [9.17, 15) is 4.79 Å². The minimum atomic E-state index is -0.0118. The molecule has 0 atom stereocenters. The number of anilines is 1. The van der Waals surface area contributed by atoms with E-state index in [4.69, 9.17) is 9.72 Å². The average molecular weight is 319 g/mol. The predicted molar refractivity (Wildman–Crippen MR) is 87.6 cm³/mol. The SMILES string of the molecule is Cc1nc(N2CCOCC2)nc2c1CN(C(=O)NC(C)C)CC2. The number of urea groups is 1. The van der Waals surface area contributed by atoms with Gasteiger partial charge < -0.3 is 19.9 Å². The minimum Gasteiger partial charge on any atom is -0.378 e. The van der Waals surface area contributed by atoms with E-state index < -0.39 is 0 Å². The highest BCUT2D eigenvalue weighted by atomic mass is 16.5. The normalized spacial score (nSPS) is 18.1. The maximum absolute atomic E-state index is 12.2. The highest BCUT2D eigenvalue weighted by Gasteiger charge is 2.25. The molecule has 0 aliphatic carbocycles. The molecule has 3 heterocycles. The van der Waals surface area contributed by atoms with Gasteiger partial charge in [0.05, 0.1) is 25.5 Å². The molecule has 126 valence electrons. The van der Waals surface area contributed by atoms with Gasteiger partial charge in [0.25, 0.3) is 0 Å². The zero-order valence-corrected chi connectivity index (χ0v) is 14.1. The Kier molecular flexibility index (Phi) is 4.66. The first-order valence-electron chi connectivity index (χ1n) is 8.29. The highest BCUT2D eigenvalue weighted by Crippen LogP contribution is 2.23. The summed E-state index contributed by atoms with van der Waals surface area (Å²) in [6.45, 7) is 10.4. The summed E-state index contributed by atoms with van der Waals surface area (Å²) in [7, 11) is 0. The Morgan fingerprint density at radius 2 is 1.96 bits per heavy atom. The van der Waals surface area contributed by atoms with Crippen molar-refractivity contribution in [3.8, 4) is 0 Å². The molecule has 1 saturated heterocycles. The number of carbonyl (C=O) groups is 1. The van der Waals surface area contributed by atoms with Crippen LogP contribution in [0.2, 0.25) is 0 Å². The maximum Gasteiger partial charge on any atom is 0.317 e. The smallest absolute Gasteiger partial charge is 0.317 e. The Bertz CT molecular complexity index is 584. The molecule has 23 heavy (non-hydrogen) atoms. The molecule has 0 saturated carbocycles. The van der Waals surface area contributed by atoms with E-state index in [0.717, 1.165) is 55.6 Å². The standard InChI is InChI=1S/C16H25N5O2/c1-11(2)17-16(22)21-5-4-14-13(10-21)12(3)18-15(19-14)20-6-8-23-9-7-20/h11H,4-10H2,1-3H3,(H,17,22). The van der Waals surface area contributed by atoms with Crippen molar-refractivity contribution in [1.82, 2.24) is 20.2 Å². The molecule has 0 bridgehead atoms. The van der Waals surface area contributed by atoms with Crippen molar-refractivity contribution >= 4 is 12.0 Å². The van der Waals surface area contributed by atoms with Crippen LogP contribution in [0.4, 0.5) is 10.7 Å². The number of morpholine rings is 1. The lowest BCUT2D eigenvalue weighted by Gasteiger charge is -2.32. The Labute approximate surface area is 137 Å². The van der Waals surface area contributed by atoms with Crippen LogP contribution in [0.25, 0.3) is 0 Å². The number of carbonyl (C=O) groups excluding carboxylic acids is 1. The van der Waals surface area contributed by atoms with Gasteiger partial charge in [-0.25, -0.2) is 14.8 Å². The van der Waals surface area contributed by atoms with Crippen LogP contribution in [0.1, 0.15) is 30.8 Å². The minimum absolute atomic E-state index is 0.0118. The molecule has 2 amide bonds. The van der Waals surface area contributed by atoms with Crippen LogP contribution in [0.15, 0.2) is 0 Å². The Hall–Kier alpha value is -1.89. The van der Waals surface area contributed by atoms with Crippen LogP contribution in [-0.2, 0) is 17.7 Å². The van der Waals surface area contributed by atoms with Gasteiger partial charge in [-0.1, -0.05) is 0 Å². The van der Waals surface area contributed by atoms with Gasteiger partial charge in [-0.3, -0.25) is 0 Å². The molecule has 0 spiro atoms. The van der Waals surface area contributed by atoms with Crippen LogP contribution in [0.5, 0.6) is 0 Å². The molecular weight excluding hydrogens is 294 g/mol. The molecule has 7 nitrogen and oxygen atoms in total. The van der Waals surface area contributed by atoms with Gasteiger partial charge >= 0.3 is 6.03 Å². The third-order valence-corrected chi connectivity index (χ3v) is 4.25. The van der Waals surface area contributed by atoms with Crippen LogP contribution < -0.4 is 10.2 Å². The molecule has 7 heteroatoms. The first-order valence-corrected chi connectivity index (χ1v) is 8.29. The number of nitrogens with zero attached hydrogens (tertiary/aromatic N) is 4. The number of hydrogen-bond donors (Lipinski definition) is 1. The highest BCUT2D eigenvalue weighted by molar-refractivity contribution is 5.74. The molecule has 1 aromatic rings. The fourth-order valence-corrected chi connectivity index (χ4v) is 2.98. The van der Waals surface area contributed by atoms with Crippen LogP contribution >= 0.6 is 0 Å². The zero-order chi connectivity index (χ0) is 16.4. The Morgan fingerprint density at radius 3 is 2.65 bits per heavy atom. The Balaban J connectivity index is 1.77. The number of ether oxygens (including phenoxy) is 1. The van der Waals surface area contributed by atoms with E-state index in [2.05, 4.69) is 15.2 Å².